The topological polar surface area (TPSA) is 68.9 Å². The van der Waals surface area contributed by atoms with Crippen LogP contribution in [0.25, 0.3) is 0 Å². The molecule has 1 aromatic heterocycles. The summed E-state index contributed by atoms with van der Waals surface area (Å²) < 4.78 is 28.0. The molecule has 2 aromatic rings. The van der Waals surface area contributed by atoms with Gasteiger partial charge >= 0.3 is 0 Å². The van der Waals surface area contributed by atoms with Crippen molar-refractivity contribution < 1.29 is 8.42 Å². The van der Waals surface area contributed by atoms with E-state index in [2.05, 4.69) is 17.4 Å². The number of benzene rings is 1. The lowest BCUT2D eigenvalue weighted by Gasteiger charge is -2.39. The van der Waals surface area contributed by atoms with Gasteiger partial charge in [0.1, 0.15) is 5.82 Å². The van der Waals surface area contributed by atoms with Gasteiger partial charge in [-0.3, -0.25) is 5.32 Å². The van der Waals surface area contributed by atoms with Crippen LogP contribution in [0.1, 0.15) is 49.9 Å². The van der Waals surface area contributed by atoms with Crippen LogP contribution in [0.4, 0.5) is 0 Å². The van der Waals surface area contributed by atoms with Crippen molar-refractivity contribution in [3.05, 3.63) is 45.4 Å². The molecular weight excluding hydrogens is 440 g/mol. The third kappa shape index (κ3) is 4.66. The van der Waals surface area contributed by atoms with Crippen LogP contribution in [0, 0.1) is 10.7 Å². The summed E-state index contributed by atoms with van der Waals surface area (Å²) in [4.78, 5) is 0. The molecule has 1 atom stereocenters. The van der Waals surface area contributed by atoms with Crippen LogP contribution < -0.4 is 5.32 Å². The number of sulfone groups is 1. The molecule has 0 spiro atoms. The number of hydrogen-bond donors (Lipinski definition) is 1. The van der Waals surface area contributed by atoms with E-state index in [-0.39, 0.29) is 23.0 Å². The summed E-state index contributed by atoms with van der Waals surface area (Å²) in [6.07, 6.45) is 7.13. The maximum atomic E-state index is 11.8. The van der Waals surface area contributed by atoms with Crippen LogP contribution in [0.5, 0.6) is 0 Å². The molecule has 4 rings (SSSR count). The molecule has 1 saturated carbocycles. The predicted molar refractivity (Wildman–Crippen MR) is 122 cm³/mol. The third-order valence-corrected chi connectivity index (χ3v) is 9.17. The monoisotopic (exact) mass is 468 g/mol. The van der Waals surface area contributed by atoms with E-state index in [1.807, 2.05) is 28.4 Å². The first-order valence-electron chi connectivity index (χ1n) is 10.6. The molecule has 30 heavy (non-hydrogen) atoms. The van der Waals surface area contributed by atoms with E-state index in [9.17, 15) is 8.42 Å². The third-order valence-electron chi connectivity index (χ3n) is 6.60. The Kier molecular flexibility index (Phi) is 6.40. The molecule has 1 aromatic carbocycles. The quantitative estimate of drug-likeness (QED) is 0.649. The highest BCUT2D eigenvalue weighted by atomic mass is 35.5. The molecule has 6 nitrogen and oxygen atoms in total. The summed E-state index contributed by atoms with van der Waals surface area (Å²) in [5, 5.41) is 9.24. The summed E-state index contributed by atoms with van der Waals surface area (Å²) in [5.74, 6) is 1.53. The standard InChI is InChI=1S/C21H29ClN4O2S2/c1-25-19(13-16-9-12-30(27,28)14-16)24-26(20(25)29)15-23-21(10-3-2-4-11-21)17-5-7-18(22)8-6-17/h5-8,16,23H,2-4,9-15H2,1H3/t16-/m1/s1. The van der Waals surface area contributed by atoms with Crippen molar-refractivity contribution in [1.29, 1.82) is 0 Å². The molecule has 1 saturated heterocycles. The Balaban J connectivity index is 1.52. The number of rotatable bonds is 6. The lowest BCUT2D eigenvalue weighted by Crippen LogP contribution is -2.45. The van der Waals surface area contributed by atoms with Crippen molar-refractivity contribution >= 4 is 33.7 Å². The van der Waals surface area contributed by atoms with Crippen molar-refractivity contribution in [3.63, 3.8) is 0 Å². The summed E-state index contributed by atoms with van der Waals surface area (Å²) in [6, 6.07) is 8.14. The van der Waals surface area contributed by atoms with Crippen LogP contribution in [0.15, 0.2) is 24.3 Å². The van der Waals surface area contributed by atoms with Gasteiger partial charge < -0.3 is 4.57 Å². The van der Waals surface area contributed by atoms with Gasteiger partial charge in [-0.05, 0) is 55.1 Å². The molecular formula is C21H29ClN4O2S2. The fourth-order valence-electron chi connectivity index (χ4n) is 4.82. The molecule has 0 bridgehead atoms. The number of hydrogen-bond acceptors (Lipinski definition) is 5. The van der Waals surface area contributed by atoms with Gasteiger partial charge in [0.2, 0.25) is 0 Å². The van der Waals surface area contributed by atoms with Crippen LogP contribution in [-0.2, 0) is 35.5 Å². The van der Waals surface area contributed by atoms with Crippen LogP contribution >= 0.6 is 23.8 Å². The van der Waals surface area contributed by atoms with Crippen molar-refractivity contribution in [3.8, 4) is 0 Å². The second-order valence-electron chi connectivity index (χ2n) is 8.72. The van der Waals surface area contributed by atoms with E-state index in [0.717, 1.165) is 23.7 Å². The Morgan fingerprint density at radius 1 is 1.23 bits per heavy atom. The fourth-order valence-corrected chi connectivity index (χ4v) is 7.02. The van der Waals surface area contributed by atoms with Crippen molar-refractivity contribution in [2.45, 2.75) is 57.2 Å². The normalized spacial score (nSPS) is 22.9. The number of aromatic nitrogens is 3. The van der Waals surface area contributed by atoms with Crippen LogP contribution in [0.2, 0.25) is 5.02 Å². The molecule has 2 heterocycles. The molecule has 1 aliphatic carbocycles. The van der Waals surface area contributed by atoms with Gasteiger partial charge in [-0.15, -0.1) is 0 Å². The molecule has 0 radical (unpaired) electrons. The minimum absolute atomic E-state index is 0.102. The highest BCUT2D eigenvalue weighted by Gasteiger charge is 2.34. The second-order valence-corrected chi connectivity index (χ2v) is 11.7. The molecule has 164 valence electrons. The van der Waals surface area contributed by atoms with Gasteiger partial charge in [0, 0.05) is 24.0 Å². The number of halogens is 1. The van der Waals surface area contributed by atoms with Crippen LogP contribution in [-0.4, -0.2) is 34.3 Å². The van der Waals surface area contributed by atoms with Gasteiger partial charge in [-0.25, -0.2) is 13.1 Å². The average molecular weight is 469 g/mol. The molecule has 1 N–H and O–H groups in total. The summed E-state index contributed by atoms with van der Waals surface area (Å²) >= 11 is 11.7. The van der Waals surface area contributed by atoms with E-state index in [1.165, 1.54) is 24.8 Å². The van der Waals surface area contributed by atoms with E-state index in [1.54, 1.807) is 0 Å². The number of nitrogens with zero attached hydrogens (tertiary/aromatic N) is 3. The Morgan fingerprint density at radius 3 is 2.57 bits per heavy atom. The Hall–Kier alpha value is -1.22. The summed E-state index contributed by atoms with van der Waals surface area (Å²) in [6.45, 7) is 0.526. The summed E-state index contributed by atoms with van der Waals surface area (Å²) in [7, 11) is -0.973. The zero-order valence-corrected chi connectivity index (χ0v) is 19.7. The Bertz CT molecular complexity index is 1050. The first kappa shape index (κ1) is 22.0. The minimum atomic E-state index is -2.89. The first-order chi connectivity index (χ1) is 14.3. The Labute approximate surface area is 188 Å². The highest BCUT2D eigenvalue weighted by Crippen LogP contribution is 2.37. The van der Waals surface area contributed by atoms with Crippen LogP contribution in [0.3, 0.4) is 0 Å². The SMILES string of the molecule is Cn1c(C[C@H]2CCS(=O)(=O)C2)nn(CNC2(c3ccc(Cl)cc3)CCCCC2)c1=S. The smallest absolute Gasteiger partial charge is 0.198 e. The zero-order valence-electron chi connectivity index (χ0n) is 17.3. The van der Waals surface area contributed by atoms with Crippen molar-refractivity contribution in [2.24, 2.45) is 13.0 Å². The van der Waals surface area contributed by atoms with E-state index in [4.69, 9.17) is 28.9 Å². The van der Waals surface area contributed by atoms with Gasteiger partial charge in [0.05, 0.1) is 18.2 Å². The van der Waals surface area contributed by atoms with Gasteiger partial charge in [-0.1, -0.05) is 43.0 Å². The molecule has 0 amide bonds. The van der Waals surface area contributed by atoms with Crippen molar-refractivity contribution in [1.82, 2.24) is 19.7 Å². The summed E-state index contributed by atoms with van der Waals surface area (Å²) in [5.41, 5.74) is 1.15. The van der Waals surface area contributed by atoms with E-state index in [0.29, 0.717) is 24.3 Å². The minimum Gasteiger partial charge on any atom is -0.307 e. The van der Waals surface area contributed by atoms with E-state index >= 15 is 0 Å². The molecule has 2 fully saturated rings. The maximum Gasteiger partial charge on any atom is 0.198 e. The molecule has 1 aliphatic heterocycles. The Morgan fingerprint density at radius 2 is 1.93 bits per heavy atom. The molecule has 2 aliphatic rings. The lowest BCUT2D eigenvalue weighted by molar-refractivity contribution is 0.210. The maximum absolute atomic E-state index is 11.8. The van der Waals surface area contributed by atoms with Gasteiger partial charge in [-0.2, -0.15) is 5.10 Å². The highest BCUT2D eigenvalue weighted by molar-refractivity contribution is 7.91. The average Bonchev–Trinajstić information content (AvgIpc) is 3.21. The van der Waals surface area contributed by atoms with Gasteiger partial charge in [0.25, 0.3) is 0 Å². The zero-order chi connectivity index (χ0) is 21.4. The van der Waals surface area contributed by atoms with E-state index < -0.39 is 9.84 Å². The molecule has 0 unspecified atom stereocenters. The van der Waals surface area contributed by atoms with Gasteiger partial charge in [0.15, 0.2) is 14.6 Å². The van der Waals surface area contributed by atoms with Crippen molar-refractivity contribution in [2.75, 3.05) is 11.5 Å². The fraction of sp³-hybridized carbons (Fsp3) is 0.619. The largest absolute Gasteiger partial charge is 0.307 e. The first-order valence-corrected chi connectivity index (χ1v) is 13.2. The second kappa shape index (κ2) is 8.73. The molecule has 9 heteroatoms. The predicted octanol–water partition coefficient (Wildman–Crippen LogP) is 3.99. The lowest BCUT2D eigenvalue weighted by atomic mass is 9.76. The number of nitrogens with one attached hydrogen (secondary N) is 1.